The Bertz CT molecular complexity index is 913. The number of aromatic nitrogens is 2. The van der Waals surface area contributed by atoms with Gasteiger partial charge >= 0.3 is 5.57 Å². The Morgan fingerprint density at radius 2 is 1.92 bits per heavy atom. The molecule has 0 saturated carbocycles. The highest BCUT2D eigenvalue weighted by Gasteiger charge is 2.27. The van der Waals surface area contributed by atoms with Crippen molar-refractivity contribution in [1.29, 1.82) is 0 Å². The van der Waals surface area contributed by atoms with Crippen molar-refractivity contribution in [3.63, 3.8) is 0 Å². The number of carbonyl (C=O) groups is 1. The molecule has 0 spiro atoms. The quantitative estimate of drug-likeness (QED) is 0.530. The number of aromatic amines is 1. The van der Waals surface area contributed by atoms with Crippen LogP contribution in [0.1, 0.15) is 10.4 Å². The van der Waals surface area contributed by atoms with Gasteiger partial charge in [0.15, 0.2) is 0 Å². The molecule has 134 valence electrons. The third-order valence-electron chi connectivity index (χ3n) is 3.37. The van der Waals surface area contributed by atoms with Crippen molar-refractivity contribution in [1.82, 2.24) is 10.2 Å². The van der Waals surface area contributed by atoms with Crippen molar-refractivity contribution >= 4 is 39.1 Å². The highest BCUT2D eigenvalue weighted by molar-refractivity contribution is 9.10. The molecule has 0 atom stereocenters. The number of ether oxygens (including phenoxy) is 1. The van der Waals surface area contributed by atoms with Gasteiger partial charge in [0.2, 0.25) is 0 Å². The Balaban J connectivity index is 1.75. The van der Waals surface area contributed by atoms with Gasteiger partial charge in [0, 0.05) is 39.1 Å². The number of amides is 1. The van der Waals surface area contributed by atoms with E-state index < -0.39 is 5.57 Å². The first-order chi connectivity index (χ1) is 12.3. The Kier molecular flexibility index (Phi) is 5.24. The monoisotopic (exact) mass is 441 g/mol. The predicted octanol–water partition coefficient (Wildman–Crippen LogP) is 5.26. The van der Waals surface area contributed by atoms with E-state index in [1.165, 1.54) is 24.3 Å². The number of nitrogens with zero attached hydrogens (tertiary/aromatic N) is 1. The van der Waals surface area contributed by atoms with Crippen LogP contribution < -0.4 is 10.1 Å². The van der Waals surface area contributed by atoms with Crippen LogP contribution in [0.25, 0.3) is 11.3 Å². The van der Waals surface area contributed by atoms with Crippen molar-refractivity contribution in [3.05, 3.63) is 64.8 Å². The van der Waals surface area contributed by atoms with E-state index in [0.29, 0.717) is 11.3 Å². The fraction of sp³-hybridized carbons (Fsp3) is 0.0588. The summed E-state index contributed by atoms with van der Waals surface area (Å²) in [5.74, 6) is -0.470. The van der Waals surface area contributed by atoms with Gasteiger partial charge in [0.25, 0.3) is 5.91 Å². The standard InChI is InChI=1S/C17H11BrClF2N3O2/c18-14-6-1-10(9-13(14)15-7-8-22-24-15)16(25)23-11-2-4-12(5-3-11)26-17(19,20)21/h1-9H,(H,22,24)(H,23,25). The zero-order valence-corrected chi connectivity index (χ0v) is 15.3. The summed E-state index contributed by atoms with van der Waals surface area (Å²) in [6, 6.07) is 12.3. The van der Waals surface area contributed by atoms with E-state index in [2.05, 4.69) is 36.2 Å². The molecule has 1 heterocycles. The normalized spacial score (nSPS) is 11.2. The smallest absolute Gasteiger partial charge is 0.420 e. The number of hydrogen-bond donors (Lipinski definition) is 2. The van der Waals surface area contributed by atoms with Crippen molar-refractivity contribution in [2.24, 2.45) is 0 Å². The van der Waals surface area contributed by atoms with E-state index in [-0.39, 0.29) is 11.7 Å². The van der Waals surface area contributed by atoms with Gasteiger partial charge in [-0.1, -0.05) is 15.9 Å². The van der Waals surface area contributed by atoms with Crippen LogP contribution in [0.3, 0.4) is 0 Å². The third kappa shape index (κ3) is 4.59. The molecule has 0 radical (unpaired) electrons. The molecule has 0 aliphatic carbocycles. The summed E-state index contributed by atoms with van der Waals surface area (Å²) in [5, 5.41) is 9.42. The molecule has 1 aromatic heterocycles. The second-order valence-electron chi connectivity index (χ2n) is 5.19. The highest BCUT2D eigenvalue weighted by Crippen LogP contribution is 2.29. The van der Waals surface area contributed by atoms with Crippen LogP contribution in [-0.2, 0) is 0 Å². The zero-order valence-electron chi connectivity index (χ0n) is 13.0. The minimum atomic E-state index is -3.79. The maximum Gasteiger partial charge on any atom is 0.487 e. The Hall–Kier alpha value is -2.45. The van der Waals surface area contributed by atoms with Gasteiger partial charge in [-0.3, -0.25) is 9.89 Å². The molecule has 0 saturated heterocycles. The minimum absolute atomic E-state index is 0.117. The van der Waals surface area contributed by atoms with E-state index in [9.17, 15) is 13.6 Å². The number of hydrogen-bond acceptors (Lipinski definition) is 3. The molecule has 2 N–H and O–H groups in total. The number of carbonyl (C=O) groups excluding carboxylic acids is 1. The minimum Gasteiger partial charge on any atom is -0.420 e. The molecule has 26 heavy (non-hydrogen) atoms. The van der Waals surface area contributed by atoms with E-state index in [1.54, 1.807) is 30.5 Å². The number of benzene rings is 2. The second kappa shape index (κ2) is 7.43. The van der Waals surface area contributed by atoms with E-state index in [1.807, 2.05) is 0 Å². The highest BCUT2D eigenvalue weighted by atomic mass is 79.9. The summed E-state index contributed by atoms with van der Waals surface area (Å²) in [7, 11) is 0. The molecule has 3 rings (SSSR count). The van der Waals surface area contributed by atoms with Crippen LogP contribution in [0.4, 0.5) is 14.5 Å². The maximum absolute atomic E-state index is 12.6. The van der Waals surface area contributed by atoms with Crippen LogP contribution in [-0.4, -0.2) is 21.7 Å². The Morgan fingerprint density at radius 3 is 2.54 bits per heavy atom. The number of rotatable bonds is 5. The second-order valence-corrected chi connectivity index (χ2v) is 6.49. The van der Waals surface area contributed by atoms with Crippen LogP contribution in [0, 0.1) is 0 Å². The lowest BCUT2D eigenvalue weighted by molar-refractivity contribution is -0.0964. The summed E-state index contributed by atoms with van der Waals surface area (Å²) in [4.78, 5) is 12.4. The maximum atomic E-state index is 12.6. The lowest BCUT2D eigenvalue weighted by atomic mass is 10.1. The van der Waals surface area contributed by atoms with Gasteiger partial charge < -0.3 is 10.1 Å². The van der Waals surface area contributed by atoms with Gasteiger partial charge in [-0.25, -0.2) is 0 Å². The van der Waals surface area contributed by atoms with Crippen LogP contribution >= 0.6 is 27.5 Å². The molecule has 0 aliphatic rings. The summed E-state index contributed by atoms with van der Waals surface area (Å²) >= 11 is 8.14. The fourth-order valence-corrected chi connectivity index (χ4v) is 2.77. The Morgan fingerprint density at radius 1 is 1.19 bits per heavy atom. The summed E-state index contributed by atoms with van der Waals surface area (Å²) in [6.45, 7) is 0. The first-order valence-electron chi connectivity index (χ1n) is 7.28. The summed E-state index contributed by atoms with van der Waals surface area (Å²) in [5.41, 5.74) is -1.40. The molecular formula is C17H11BrClF2N3O2. The van der Waals surface area contributed by atoms with Crippen molar-refractivity contribution in [3.8, 4) is 17.0 Å². The average molecular weight is 443 g/mol. The SMILES string of the molecule is O=C(Nc1ccc(OC(F)(F)Cl)cc1)c1ccc(Br)c(-c2ccn[nH]2)c1. The van der Waals surface area contributed by atoms with Crippen LogP contribution in [0.5, 0.6) is 5.75 Å². The molecular weight excluding hydrogens is 432 g/mol. The number of alkyl halides is 3. The van der Waals surface area contributed by atoms with Gasteiger partial charge in [0.1, 0.15) is 5.75 Å². The predicted molar refractivity (Wildman–Crippen MR) is 97.5 cm³/mol. The van der Waals surface area contributed by atoms with Crippen molar-refractivity contribution < 1.29 is 18.3 Å². The van der Waals surface area contributed by atoms with E-state index in [0.717, 1.165) is 15.7 Å². The molecule has 0 bridgehead atoms. The molecule has 2 aromatic carbocycles. The molecule has 1 amide bonds. The average Bonchev–Trinajstić information content (AvgIpc) is 3.10. The van der Waals surface area contributed by atoms with Crippen molar-refractivity contribution in [2.75, 3.05) is 5.32 Å². The summed E-state index contributed by atoms with van der Waals surface area (Å²) in [6.07, 6.45) is 1.61. The lowest BCUT2D eigenvalue weighted by Gasteiger charge is -2.11. The number of halogens is 4. The Labute approximate surface area is 160 Å². The van der Waals surface area contributed by atoms with Gasteiger partial charge in [-0.05, 0) is 48.5 Å². The number of anilines is 1. The summed E-state index contributed by atoms with van der Waals surface area (Å²) < 4.78 is 30.2. The molecule has 3 aromatic rings. The lowest BCUT2D eigenvalue weighted by Crippen LogP contribution is -2.15. The third-order valence-corrected chi connectivity index (χ3v) is 4.13. The first-order valence-corrected chi connectivity index (χ1v) is 8.45. The van der Waals surface area contributed by atoms with Crippen LogP contribution in [0.2, 0.25) is 0 Å². The molecule has 5 nitrogen and oxygen atoms in total. The van der Waals surface area contributed by atoms with E-state index >= 15 is 0 Å². The van der Waals surface area contributed by atoms with Gasteiger partial charge in [-0.15, -0.1) is 8.78 Å². The number of H-pyrrole nitrogens is 1. The molecule has 0 unspecified atom stereocenters. The zero-order chi connectivity index (χ0) is 18.7. The van der Waals surface area contributed by atoms with Crippen molar-refractivity contribution in [2.45, 2.75) is 5.57 Å². The van der Waals surface area contributed by atoms with E-state index in [4.69, 9.17) is 11.6 Å². The molecule has 9 heteroatoms. The number of nitrogens with one attached hydrogen (secondary N) is 2. The molecule has 0 fully saturated rings. The first kappa shape index (κ1) is 18.3. The fourth-order valence-electron chi connectivity index (χ4n) is 2.22. The largest absolute Gasteiger partial charge is 0.487 e. The van der Waals surface area contributed by atoms with Crippen LogP contribution in [0.15, 0.2) is 59.2 Å². The van der Waals surface area contributed by atoms with Gasteiger partial charge in [-0.2, -0.15) is 5.10 Å². The molecule has 0 aliphatic heterocycles. The topological polar surface area (TPSA) is 67.0 Å². The van der Waals surface area contributed by atoms with Gasteiger partial charge in [0.05, 0.1) is 5.69 Å².